The number of fused-ring (bicyclic) bond motifs is 1. The lowest BCUT2D eigenvalue weighted by molar-refractivity contribution is -0.127. The number of benzene rings is 2. The summed E-state index contributed by atoms with van der Waals surface area (Å²) in [6.07, 6.45) is 7.85. The normalized spacial score (nSPS) is 18.6. The molecule has 4 rings (SSSR count). The van der Waals surface area contributed by atoms with Gasteiger partial charge in [0.2, 0.25) is 5.91 Å². The smallest absolute Gasteiger partial charge is 0.223 e. The van der Waals surface area contributed by atoms with E-state index in [0.29, 0.717) is 0 Å². The Morgan fingerprint density at radius 3 is 2.53 bits per heavy atom. The third-order valence-corrected chi connectivity index (χ3v) is 7.11. The quantitative estimate of drug-likeness (QED) is 0.703. The van der Waals surface area contributed by atoms with E-state index < -0.39 is 0 Å². The fraction of sp³-hybridized carbons (Fsp3) is 0.519. The molecule has 0 bridgehead atoms. The Kier molecular flexibility index (Phi) is 6.89. The minimum absolute atomic E-state index is 0.134. The maximum Gasteiger partial charge on any atom is 0.223 e. The molecular weight excluding hydrogens is 368 g/mol. The number of nitrogens with zero attached hydrogens (tertiary/aromatic N) is 1. The number of carbonyl (C=O) groups excluding carboxylic acids is 1. The summed E-state index contributed by atoms with van der Waals surface area (Å²) in [6.45, 7) is 7.36. The fourth-order valence-electron chi connectivity index (χ4n) is 5.06. The van der Waals surface area contributed by atoms with Crippen molar-refractivity contribution in [3.63, 3.8) is 0 Å². The van der Waals surface area contributed by atoms with Crippen LogP contribution in [-0.2, 0) is 24.2 Å². The summed E-state index contributed by atoms with van der Waals surface area (Å²) in [7, 11) is 0. The Hall–Kier alpha value is -2.13. The Morgan fingerprint density at radius 2 is 1.80 bits per heavy atom. The number of carbonyl (C=O) groups is 1. The molecule has 2 aromatic carbocycles. The predicted molar refractivity (Wildman–Crippen MR) is 123 cm³/mol. The molecule has 1 aliphatic heterocycles. The Bertz CT molecular complexity index is 867. The number of piperidine rings is 1. The number of aryl methyl sites for hydroxylation is 3. The van der Waals surface area contributed by atoms with Gasteiger partial charge in [0.25, 0.3) is 0 Å². The molecule has 0 saturated carbocycles. The summed E-state index contributed by atoms with van der Waals surface area (Å²) >= 11 is 0. The lowest BCUT2D eigenvalue weighted by atomic mass is 9.88. The summed E-state index contributed by atoms with van der Waals surface area (Å²) in [5.74, 6) is 0.389. The standard InChI is InChI=1S/C27H36N2O/c1-3-26(24-13-12-21-9-6-7-10-23(21)18-24)28-27(30)22-14-16-29(17-15-22)19-25-11-5-4-8-20(25)2/h4-5,8,11-13,18,22,26H,3,6-7,9-10,14-17,19H2,1-2H3,(H,28,30). The zero-order valence-electron chi connectivity index (χ0n) is 18.6. The molecular formula is C27H36N2O. The van der Waals surface area contributed by atoms with E-state index in [1.165, 1.54) is 53.5 Å². The molecule has 1 atom stereocenters. The van der Waals surface area contributed by atoms with Gasteiger partial charge >= 0.3 is 0 Å². The maximum atomic E-state index is 13.0. The molecule has 2 aliphatic rings. The molecule has 1 N–H and O–H groups in total. The van der Waals surface area contributed by atoms with Crippen LogP contribution in [0.3, 0.4) is 0 Å². The highest BCUT2D eigenvalue weighted by Gasteiger charge is 2.27. The van der Waals surface area contributed by atoms with E-state index >= 15 is 0 Å². The van der Waals surface area contributed by atoms with Crippen molar-refractivity contribution in [2.45, 2.75) is 71.4 Å². The number of nitrogens with one attached hydrogen (secondary N) is 1. The van der Waals surface area contributed by atoms with Gasteiger partial charge < -0.3 is 5.32 Å². The molecule has 3 heteroatoms. The molecule has 1 unspecified atom stereocenters. The van der Waals surface area contributed by atoms with Gasteiger partial charge in [-0.05, 0) is 92.8 Å². The van der Waals surface area contributed by atoms with Gasteiger partial charge in [0.05, 0.1) is 6.04 Å². The second-order valence-electron chi connectivity index (χ2n) is 9.18. The molecule has 0 spiro atoms. The van der Waals surface area contributed by atoms with Gasteiger partial charge in [-0.2, -0.15) is 0 Å². The van der Waals surface area contributed by atoms with Crippen LogP contribution in [0.5, 0.6) is 0 Å². The van der Waals surface area contributed by atoms with Crippen LogP contribution in [0.25, 0.3) is 0 Å². The van der Waals surface area contributed by atoms with Gasteiger partial charge in [0.1, 0.15) is 0 Å². The number of hydrogen-bond acceptors (Lipinski definition) is 2. The molecule has 30 heavy (non-hydrogen) atoms. The molecule has 0 radical (unpaired) electrons. The van der Waals surface area contributed by atoms with Crippen molar-refractivity contribution in [2.24, 2.45) is 5.92 Å². The third kappa shape index (κ3) is 4.95. The first kappa shape index (κ1) is 21.1. The summed E-state index contributed by atoms with van der Waals surface area (Å²) in [5.41, 5.74) is 7.04. The van der Waals surface area contributed by atoms with Crippen LogP contribution in [0.15, 0.2) is 42.5 Å². The monoisotopic (exact) mass is 404 g/mol. The van der Waals surface area contributed by atoms with E-state index in [4.69, 9.17) is 0 Å². The highest BCUT2D eigenvalue weighted by molar-refractivity contribution is 5.79. The van der Waals surface area contributed by atoms with Crippen LogP contribution in [0.2, 0.25) is 0 Å². The first-order valence-corrected chi connectivity index (χ1v) is 11.8. The predicted octanol–water partition coefficient (Wildman–Crippen LogP) is 5.35. The van der Waals surface area contributed by atoms with E-state index in [2.05, 4.69) is 66.5 Å². The molecule has 3 nitrogen and oxygen atoms in total. The van der Waals surface area contributed by atoms with E-state index in [9.17, 15) is 4.79 Å². The first-order valence-electron chi connectivity index (χ1n) is 11.8. The Balaban J connectivity index is 1.32. The summed E-state index contributed by atoms with van der Waals surface area (Å²) < 4.78 is 0. The molecule has 1 fully saturated rings. The van der Waals surface area contributed by atoms with Gasteiger partial charge in [0, 0.05) is 12.5 Å². The summed E-state index contributed by atoms with van der Waals surface area (Å²) in [4.78, 5) is 15.5. The Morgan fingerprint density at radius 1 is 1.07 bits per heavy atom. The van der Waals surface area contributed by atoms with Gasteiger partial charge in [-0.15, -0.1) is 0 Å². The molecule has 1 heterocycles. The van der Waals surface area contributed by atoms with Crippen molar-refractivity contribution >= 4 is 5.91 Å². The topological polar surface area (TPSA) is 32.3 Å². The van der Waals surface area contributed by atoms with E-state index in [1.807, 2.05) is 0 Å². The summed E-state index contributed by atoms with van der Waals surface area (Å²) in [6, 6.07) is 15.6. The van der Waals surface area contributed by atoms with Crippen molar-refractivity contribution in [2.75, 3.05) is 13.1 Å². The zero-order chi connectivity index (χ0) is 20.9. The van der Waals surface area contributed by atoms with Gasteiger partial charge in [-0.1, -0.05) is 49.4 Å². The van der Waals surface area contributed by atoms with Crippen molar-refractivity contribution < 1.29 is 4.79 Å². The maximum absolute atomic E-state index is 13.0. The lowest BCUT2D eigenvalue weighted by Crippen LogP contribution is -2.41. The number of likely N-dealkylation sites (tertiary alicyclic amines) is 1. The van der Waals surface area contributed by atoms with E-state index in [0.717, 1.165) is 38.9 Å². The van der Waals surface area contributed by atoms with Crippen molar-refractivity contribution in [3.8, 4) is 0 Å². The number of hydrogen-bond donors (Lipinski definition) is 1. The second kappa shape index (κ2) is 9.78. The Labute approximate surface area is 181 Å². The fourth-order valence-corrected chi connectivity index (χ4v) is 5.06. The third-order valence-electron chi connectivity index (χ3n) is 7.11. The SMILES string of the molecule is CCC(NC(=O)C1CCN(Cc2ccccc2C)CC1)c1ccc2c(c1)CCCC2. The average Bonchev–Trinajstić information content (AvgIpc) is 2.79. The highest BCUT2D eigenvalue weighted by atomic mass is 16.1. The van der Waals surface area contributed by atoms with Crippen LogP contribution in [0.4, 0.5) is 0 Å². The summed E-state index contributed by atoms with van der Waals surface area (Å²) in [5, 5.41) is 3.38. The van der Waals surface area contributed by atoms with E-state index in [-0.39, 0.29) is 17.9 Å². The van der Waals surface area contributed by atoms with Crippen LogP contribution in [0.1, 0.15) is 72.9 Å². The number of amides is 1. The molecule has 0 aromatic heterocycles. The number of rotatable bonds is 6. The molecule has 160 valence electrons. The van der Waals surface area contributed by atoms with Crippen molar-refractivity contribution in [1.82, 2.24) is 10.2 Å². The van der Waals surface area contributed by atoms with Gasteiger partial charge in [-0.25, -0.2) is 0 Å². The molecule has 1 aliphatic carbocycles. The van der Waals surface area contributed by atoms with Crippen LogP contribution in [0, 0.1) is 12.8 Å². The highest BCUT2D eigenvalue weighted by Crippen LogP contribution is 2.27. The van der Waals surface area contributed by atoms with E-state index in [1.54, 1.807) is 0 Å². The van der Waals surface area contributed by atoms with Gasteiger partial charge in [-0.3, -0.25) is 9.69 Å². The largest absolute Gasteiger partial charge is 0.349 e. The van der Waals surface area contributed by atoms with Crippen molar-refractivity contribution in [1.29, 1.82) is 0 Å². The van der Waals surface area contributed by atoms with Gasteiger partial charge in [0.15, 0.2) is 0 Å². The zero-order valence-corrected chi connectivity index (χ0v) is 18.6. The second-order valence-corrected chi connectivity index (χ2v) is 9.18. The van der Waals surface area contributed by atoms with Crippen LogP contribution >= 0.6 is 0 Å². The molecule has 1 saturated heterocycles. The molecule has 1 amide bonds. The molecule has 2 aromatic rings. The first-order chi connectivity index (χ1) is 14.6. The lowest BCUT2D eigenvalue weighted by Gasteiger charge is -2.32. The van der Waals surface area contributed by atoms with Crippen LogP contribution in [-0.4, -0.2) is 23.9 Å². The van der Waals surface area contributed by atoms with Crippen molar-refractivity contribution in [3.05, 3.63) is 70.3 Å². The van der Waals surface area contributed by atoms with Crippen LogP contribution < -0.4 is 5.32 Å². The minimum atomic E-state index is 0.134. The average molecular weight is 405 g/mol. The minimum Gasteiger partial charge on any atom is -0.349 e.